The fraction of sp³-hybridized carbons (Fsp3) is 0.0909. The summed E-state index contributed by atoms with van der Waals surface area (Å²) in [5, 5.41) is 10.9. The Bertz CT molecular complexity index is 2260. The molecule has 0 fully saturated rings. The topological polar surface area (TPSA) is 55.2 Å². The minimum absolute atomic E-state index is 0.198. The highest BCUT2D eigenvalue weighted by atomic mass is 16.5. The van der Waals surface area contributed by atoms with Gasteiger partial charge in [0, 0.05) is 28.5 Å². The van der Waals surface area contributed by atoms with Gasteiger partial charge in [0.05, 0.1) is 22.5 Å². The van der Waals surface area contributed by atoms with Crippen LogP contribution in [0.25, 0.3) is 33.6 Å². The van der Waals surface area contributed by atoms with Crippen molar-refractivity contribution in [2.24, 2.45) is 0 Å². The van der Waals surface area contributed by atoms with E-state index >= 15 is 0 Å². The van der Waals surface area contributed by atoms with Crippen molar-refractivity contribution in [1.82, 2.24) is 9.97 Å². The van der Waals surface area contributed by atoms with E-state index in [1.807, 2.05) is 60.8 Å². The normalized spacial score (nSPS) is 12.9. The zero-order valence-corrected chi connectivity index (χ0v) is 27.1. The SMILES string of the molecule is Cc1cc(C)c(-c2cc(-c3cccc(C4(c5ccccn5)c5ccccc5Oc5ccccc54)c3)nc(-c3ccccc3O)c2)c(C)c1. The van der Waals surface area contributed by atoms with Gasteiger partial charge in [-0.2, -0.15) is 0 Å². The monoisotopic (exact) mass is 622 g/mol. The van der Waals surface area contributed by atoms with Gasteiger partial charge in [-0.05, 0) is 103 Å². The molecule has 8 rings (SSSR count). The van der Waals surface area contributed by atoms with Gasteiger partial charge >= 0.3 is 0 Å². The molecule has 5 aromatic carbocycles. The van der Waals surface area contributed by atoms with E-state index in [-0.39, 0.29) is 5.75 Å². The second kappa shape index (κ2) is 11.7. The van der Waals surface area contributed by atoms with E-state index in [4.69, 9.17) is 14.7 Å². The number of pyridine rings is 2. The number of aromatic nitrogens is 2. The molecule has 0 saturated heterocycles. The van der Waals surface area contributed by atoms with Crippen molar-refractivity contribution < 1.29 is 9.84 Å². The highest BCUT2D eigenvalue weighted by Crippen LogP contribution is 2.55. The summed E-state index contributed by atoms with van der Waals surface area (Å²) in [4.78, 5) is 10.2. The van der Waals surface area contributed by atoms with E-state index in [0.717, 1.165) is 50.7 Å². The quantitative estimate of drug-likeness (QED) is 0.207. The molecule has 1 N–H and O–H groups in total. The molecule has 0 unspecified atom stereocenters. The van der Waals surface area contributed by atoms with Gasteiger partial charge in [0.1, 0.15) is 17.2 Å². The smallest absolute Gasteiger partial charge is 0.132 e. The third kappa shape index (κ3) is 4.76. The van der Waals surface area contributed by atoms with Crippen LogP contribution in [0.15, 0.2) is 146 Å². The number of fused-ring (bicyclic) bond motifs is 2. The lowest BCUT2D eigenvalue weighted by Gasteiger charge is -2.40. The summed E-state index contributed by atoms with van der Waals surface area (Å²) >= 11 is 0. The van der Waals surface area contributed by atoms with Crippen LogP contribution < -0.4 is 4.74 Å². The second-order valence-corrected chi connectivity index (χ2v) is 12.6. The van der Waals surface area contributed by atoms with E-state index in [1.54, 1.807) is 6.07 Å². The van der Waals surface area contributed by atoms with Crippen molar-refractivity contribution in [3.05, 3.63) is 185 Å². The van der Waals surface area contributed by atoms with Crippen LogP contribution >= 0.6 is 0 Å². The first kappa shape index (κ1) is 29.4. The minimum Gasteiger partial charge on any atom is -0.507 e. The molecule has 4 heteroatoms. The summed E-state index contributed by atoms with van der Waals surface area (Å²) in [5.41, 5.74) is 12.3. The maximum Gasteiger partial charge on any atom is 0.132 e. The predicted molar refractivity (Wildman–Crippen MR) is 193 cm³/mol. The van der Waals surface area contributed by atoms with Crippen molar-refractivity contribution in [2.75, 3.05) is 0 Å². The summed E-state index contributed by atoms with van der Waals surface area (Å²) in [6.45, 7) is 6.45. The molecule has 0 amide bonds. The maximum atomic E-state index is 10.9. The lowest BCUT2D eigenvalue weighted by atomic mass is 9.65. The van der Waals surface area contributed by atoms with Crippen LogP contribution in [-0.2, 0) is 5.41 Å². The van der Waals surface area contributed by atoms with E-state index in [9.17, 15) is 5.11 Å². The molecule has 2 aromatic heterocycles. The Hall–Kier alpha value is -6.00. The fourth-order valence-corrected chi connectivity index (χ4v) is 7.51. The van der Waals surface area contributed by atoms with Crippen LogP contribution in [0, 0.1) is 20.8 Å². The lowest BCUT2D eigenvalue weighted by Crippen LogP contribution is -2.35. The first-order chi connectivity index (χ1) is 23.4. The molecule has 0 aliphatic carbocycles. The van der Waals surface area contributed by atoms with Gasteiger partial charge in [0.2, 0.25) is 0 Å². The first-order valence-corrected chi connectivity index (χ1v) is 16.2. The van der Waals surface area contributed by atoms with Crippen LogP contribution in [-0.4, -0.2) is 15.1 Å². The van der Waals surface area contributed by atoms with Crippen LogP contribution in [0.5, 0.6) is 17.2 Å². The highest BCUT2D eigenvalue weighted by molar-refractivity contribution is 5.81. The van der Waals surface area contributed by atoms with Gasteiger partial charge in [0.15, 0.2) is 0 Å². The largest absolute Gasteiger partial charge is 0.507 e. The molecular weight excluding hydrogens is 588 g/mol. The standard InChI is InChI=1S/C44H34N2O2/c1-28-23-29(2)43(30(3)24-28)32-26-37(46-38(27-32)34-15-4-7-18-39(34)47)31-13-12-14-33(25-31)44(42-21-10-11-22-45-42)35-16-5-8-19-40(35)48-41-20-9-6-17-36(41)44/h4-27,47H,1-3H3. The Balaban J connectivity index is 1.41. The number of rotatable bonds is 5. The van der Waals surface area contributed by atoms with E-state index < -0.39 is 5.41 Å². The molecule has 1 aliphatic heterocycles. The highest BCUT2D eigenvalue weighted by Gasteiger charge is 2.46. The number of nitrogens with zero attached hydrogens (tertiary/aromatic N) is 2. The molecule has 48 heavy (non-hydrogen) atoms. The number of hydrogen-bond acceptors (Lipinski definition) is 4. The second-order valence-electron chi connectivity index (χ2n) is 12.6. The van der Waals surface area contributed by atoms with Crippen molar-refractivity contribution in [3.63, 3.8) is 0 Å². The summed E-state index contributed by atoms with van der Waals surface area (Å²) in [6.07, 6.45) is 1.86. The van der Waals surface area contributed by atoms with Gasteiger partial charge in [0.25, 0.3) is 0 Å². The van der Waals surface area contributed by atoms with Gasteiger partial charge in [-0.3, -0.25) is 4.98 Å². The summed E-state index contributed by atoms with van der Waals surface area (Å²) in [5.74, 6) is 1.81. The summed E-state index contributed by atoms with van der Waals surface area (Å²) < 4.78 is 6.50. The van der Waals surface area contributed by atoms with Crippen molar-refractivity contribution in [2.45, 2.75) is 26.2 Å². The van der Waals surface area contributed by atoms with Crippen LogP contribution in [0.1, 0.15) is 39.1 Å². The predicted octanol–water partition coefficient (Wildman–Crippen LogP) is 10.6. The minimum atomic E-state index is -0.745. The van der Waals surface area contributed by atoms with Crippen molar-refractivity contribution >= 4 is 0 Å². The summed E-state index contributed by atoms with van der Waals surface area (Å²) in [7, 11) is 0. The number of phenols is 1. The molecule has 3 heterocycles. The molecule has 0 radical (unpaired) electrons. The van der Waals surface area contributed by atoms with E-state index in [1.165, 1.54) is 22.3 Å². The number of aryl methyl sites for hydroxylation is 3. The Morgan fingerprint density at radius 1 is 0.583 bits per heavy atom. The van der Waals surface area contributed by atoms with Crippen LogP contribution in [0.2, 0.25) is 0 Å². The van der Waals surface area contributed by atoms with Crippen molar-refractivity contribution in [1.29, 1.82) is 0 Å². The molecule has 0 spiro atoms. The number of ether oxygens (including phenoxy) is 1. The number of benzene rings is 5. The summed E-state index contributed by atoms with van der Waals surface area (Å²) in [6, 6.07) is 47.3. The first-order valence-electron chi connectivity index (χ1n) is 16.2. The average Bonchev–Trinajstić information content (AvgIpc) is 3.11. The fourth-order valence-electron chi connectivity index (χ4n) is 7.51. The van der Waals surface area contributed by atoms with Crippen molar-refractivity contribution in [3.8, 4) is 50.9 Å². The number of phenolic OH excluding ortho intramolecular Hbond substituents is 1. The Morgan fingerprint density at radius 2 is 1.23 bits per heavy atom. The number of para-hydroxylation sites is 3. The molecule has 0 saturated carbocycles. The maximum absolute atomic E-state index is 10.9. The molecule has 232 valence electrons. The molecule has 7 aromatic rings. The Labute approximate surface area is 281 Å². The lowest BCUT2D eigenvalue weighted by molar-refractivity contribution is 0.432. The number of hydrogen-bond donors (Lipinski definition) is 1. The van der Waals surface area contributed by atoms with Gasteiger partial charge < -0.3 is 9.84 Å². The number of aromatic hydroxyl groups is 1. The zero-order valence-electron chi connectivity index (χ0n) is 27.1. The van der Waals surface area contributed by atoms with Crippen LogP contribution in [0.4, 0.5) is 0 Å². The molecule has 1 aliphatic rings. The van der Waals surface area contributed by atoms with Gasteiger partial charge in [-0.1, -0.05) is 90.5 Å². The Morgan fingerprint density at radius 3 is 1.92 bits per heavy atom. The van der Waals surface area contributed by atoms with E-state index in [0.29, 0.717) is 11.3 Å². The van der Waals surface area contributed by atoms with E-state index in [2.05, 4.69) is 99.6 Å². The molecular formula is C44H34N2O2. The molecule has 0 bridgehead atoms. The Kier molecular flexibility index (Phi) is 7.14. The molecule has 4 nitrogen and oxygen atoms in total. The van der Waals surface area contributed by atoms with Crippen LogP contribution in [0.3, 0.4) is 0 Å². The third-order valence-corrected chi connectivity index (χ3v) is 9.41. The molecule has 0 atom stereocenters. The average molecular weight is 623 g/mol. The zero-order chi connectivity index (χ0) is 32.8. The van der Waals surface area contributed by atoms with Gasteiger partial charge in [-0.15, -0.1) is 0 Å². The van der Waals surface area contributed by atoms with Gasteiger partial charge in [-0.25, -0.2) is 4.98 Å². The third-order valence-electron chi connectivity index (χ3n) is 9.41.